The molecule has 19 heavy (non-hydrogen) atoms. The van der Waals surface area contributed by atoms with Crippen LogP contribution < -0.4 is 5.32 Å². The Balaban J connectivity index is 2.19. The molecule has 2 rings (SSSR count). The monoisotopic (exact) mass is 349 g/mol. The highest BCUT2D eigenvalue weighted by atomic mass is 79.9. The van der Waals surface area contributed by atoms with Gasteiger partial charge in [0.2, 0.25) is 0 Å². The molecule has 0 aliphatic rings. The lowest BCUT2D eigenvalue weighted by Crippen LogP contribution is -2.04. The van der Waals surface area contributed by atoms with Crippen LogP contribution in [0.5, 0.6) is 0 Å². The van der Waals surface area contributed by atoms with Crippen molar-refractivity contribution in [2.45, 2.75) is 6.54 Å². The zero-order chi connectivity index (χ0) is 14.0. The van der Waals surface area contributed by atoms with Crippen molar-refractivity contribution in [3.05, 3.63) is 62.8 Å². The predicted octanol–water partition coefficient (Wildman–Crippen LogP) is 5.13. The highest BCUT2D eigenvalue weighted by Gasteiger charge is 2.10. The molecule has 0 saturated heterocycles. The molecule has 0 atom stereocenters. The molecule has 0 radical (unpaired) electrons. The molecular weight excluding hydrogens is 343 g/mol. The molecule has 2 aromatic carbocycles. The average molecular weight is 351 g/mol. The number of rotatable bonds is 3. The van der Waals surface area contributed by atoms with Gasteiger partial charge in [-0.05, 0) is 40.2 Å². The van der Waals surface area contributed by atoms with Crippen LogP contribution in [-0.4, -0.2) is 0 Å². The number of hydrogen-bond acceptors (Lipinski definition) is 1. The summed E-state index contributed by atoms with van der Waals surface area (Å²) in [6.07, 6.45) is 0. The third kappa shape index (κ3) is 3.42. The highest BCUT2D eigenvalue weighted by molar-refractivity contribution is 9.10. The fourth-order valence-electron chi connectivity index (χ4n) is 1.52. The zero-order valence-corrected chi connectivity index (χ0v) is 11.8. The summed E-state index contributed by atoms with van der Waals surface area (Å²) in [6, 6.07) is 6.42. The molecule has 0 spiro atoms. The van der Waals surface area contributed by atoms with E-state index in [0.29, 0.717) is 16.8 Å². The van der Waals surface area contributed by atoms with E-state index < -0.39 is 17.5 Å². The van der Waals surface area contributed by atoms with Gasteiger partial charge in [0.25, 0.3) is 0 Å². The SMILES string of the molecule is Fc1cc(F)c(CNc2cc(Cl)ccc2Br)cc1F. The minimum Gasteiger partial charge on any atom is -0.380 e. The van der Waals surface area contributed by atoms with Crippen LogP contribution in [-0.2, 0) is 6.54 Å². The van der Waals surface area contributed by atoms with Crippen LogP contribution in [0.4, 0.5) is 18.9 Å². The second-order valence-corrected chi connectivity index (χ2v) is 5.13. The normalized spacial score (nSPS) is 10.6. The zero-order valence-electron chi connectivity index (χ0n) is 9.48. The van der Waals surface area contributed by atoms with Crippen LogP contribution in [0.25, 0.3) is 0 Å². The Hall–Kier alpha value is -1.20. The van der Waals surface area contributed by atoms with E-state index in [2.05, 4.69) is 21.2 Å². The molecule has 0 bridgehead atoms. The lowest BCUT2D eigenvalue weighted by Gasteiger charge is -2.10. The number of halogens is 5. The molecule has 1 nitrogen and oxygen atoms in total. The van der Waals surface area contributed by atoms with Crippen LogP contribution in [0.15, 0.2) is 34.8 Å². The van der Waals surface area contributed by atoms with Gasteiger partial charge in [-0.15, -0.1) is 0 Å². The van der Waals surface area contributed by atoms with E-state index in [1.54, 1.807) is 18.2 Å². The van der Waals surface area contributed by atoms with Crippen LogP contribution in [0.3, 0.4) is 0 Å². The van der Waals surface area contributed by atoms with E-state index in [9.17, 15) is 13.2 Å². The molecular formula is C13H8BrClF3N. The van der Waals surface area contributed by atoms with E-state index in [-0.39, 0.29) is 12.1 Å². The van der Waals surface area contributed by atoms with E-state index in [0.717, 1.165) is 10.5 Å². The smallest absolute Gasteiger partial charge is 0.161 e. The largest absolute Gasteiger partial charge is 0.380 e. The first-order valence-corrected chi connectivity index (χ1v) is 6.47. The first-order valence-electron chi connectivity index (χ1n) is 5.29. The number of nitrogens with one attached hydrogen (secondary N) is 1. The van der Waals surface area contributed by atoms with Crippen molar-refractivity contribution in [3.8, 4) is 0 Å². The van der Waals surface area contributed by atoms with Crippen molar-refractivity contribution in [2.24, 2.45) is 0 Å². The van der Waals surface area contributed by atoms with Gasteiger partial charge >= 0.3 is 0 Å². The van der Waals surface area contributed by atoms with Gasteiger partial charge in [0.1, 0.15) is 5.82 Å². The Morgan fingerprint density at radius 3 is 2.42 bits per heavy atom. The van der Waals surface area contributed by atoms with E-state index >= 15 is 0 Å². The summed E-state index contributed by atoms with van der Waals surface area (Å²) in [6.45, 7) is 0.0158. The quantitative estimate of drug-likeness (QED) is 0.757. The summed E-state index contributed by atoms with van der Waals surface area (Å²) in [5.41, 5.74) is 0.669. The van der Waals surface area contributed by atoms with Crippen LogP contribution >= 0.6 is 27.5 Å². The van der Waals surface area contributed by atoms with Crippen molar-refractivity contribution >= 4 is 33.2 Å². The number of benzene rings is 2. The van der Waals surface area contributed by atoms with Gasteiger partial charge in [-0.3, -0.25) is 0 Å². The maximum atomic E-state index is 13.4. The fraction of sp³-hybridized carbons (Fsp3) is 0.0769. The Bertz CT molecular complexity index is 619. The second-order valence-electron chi connectivity index (χ2n) is 3.84. The Morgan fingerprint density at radius 2 is 1.68 bits per heavy atom. The maximum Gasteiger partial charge on any atom is 0.161 e. The Kier molecular flexibility index (Phi) is 4.37. The first-order chi connectivity index (χ1) is 8.97. The number of anilines is 1. The molecule has 1 N–H and O–H groups in total. The fourth-order valence-corrected chi connectivity index (χ4v) is 2.08. The van der Waals surface area contributed by atoms with E-state index in [1.807, 2.05) is 0 Å². The molecule has 0 unspecified atom stereocenters. The third-order valence-corrected chi connectivity index (χ3v) is 3.41. The minimum atomic E-state index is -1.20. The minimum absolute atomic E-state index is 0.0158. The predicted molar refractivity (Wildman–Crippen MR) is 72.8 cm³/mol. The summed E-state index contributed by atoms with van der Waals surface area (Å²) >= 11 is 9.13. The molecule has 0 heterocycles. The molecule has 2 aromatic rings. The van der Waals surface area contributed by atoms with Crippen molar-refractivity contribution in [1.29, 1.82) is 0 Å². The molecule has 0 aliphatic carbocycles. The Labute approximate surface area is 121 Å². The van der Waals surface area contributed by atoms with E-state index in [1.165, 1.54) is 0 Å². The summed E-state index contributed by atoms with van der Waals surface area (Å²) in [4.78, 5) is 0. The topological polar surface area (TPSA) is 12.0 Å². The van der Waals surface area contributed by atoms with Gasteiger partial charge in [0, 0.05) is 27.7 Å². The lowest BCUT2D eigenvalue weighted by atomic mass is 10.2. The second kappa shape index (κ2) is 5.84. The van der Waals surface area contributed by atoms with Crippen molar-refractivity contribution in [2.75, 3.05) is 5.32 Å². The van der Waals surface area contributed by atoms with Gasteiger partial charge in [0.15, 0.2) is 11.6 Å². The van der Waals surface area contributed by atoms with Gasteiger partial charge in [-0.25, -0.2) is 13.2 Å². The van der Waals surface area contributed by atoms with Crippen LogP contribution in [0.1, 0.15) is 5.56 Å². The summed E-state index contributed by atoms with van der Waals surface area (Å²) in [5, 5.41) is 3.41. The summed E-state index contributed by atoms with van der Waals surface area (Å²) in [5.74, 6) is -3.09. The standard InChI is InChI=1S/C13H8BrClF3N/c14-9-2-1-8(15)4-13(9)19-6-7-3-11(17)12(18)5-10(7)16/h1-5,19H,6H2. The average Bonchev–Trinajstić information content (AvgIpc) is 2.36. The van der Waals surface area contributed by atoms with Gasteiger partial charge < -0.3 is 5.32 Å². The molecule has 0 fully saturated rings. The third-order valence-electron chi connectivity index (χ3n) is 2.49. The van der Waals surface area contributed by atoms with Gasteiger partial charge in [0.05, 0.1) is 5.69 Å². The number of hydrogen-bond donors (Lipinski definition) is 1. The van der Waals surface area contributed by atoms with Gasteiger partial charge in [-0.1, -0.05) is 11.6 Å². The van der Waals surface area contributed by atoms with Crippen LogP contribution in [0, 0.1) is 17.5 Å². The Morgan fingerprint density at radius 1 is 1.00 bits per heavy atom. The summed E-state index contributed by atoms with van der Waals surface area (Å²) < 4.78 is 40.0. The highest BCUT2D eigenvalue weighted by Crippen LogP contribution is 2.26. The van der Waals surface area contributed by atoms with E-state index in [4.69, 9.17) is 11.6 Å². The summed E-state index contributed by atoms with van der Waals surface area (Å²) in [7, 11) is 0. The molecule has 0 amide bonds. The van der Waals surface area contributed by atoms with Crippen molar-refractivity contribution in [1.82, 2.24) is 0 Å². The van der Waals surface area contributed by atoms with Crippen molar-refractivity contribution in [3.63, 3.8) is 0 Å². The molecule has 100 valence electrons. The first kappa shape index (κ1) is 14.2. The van der Waals surface area contributed by atoms with Crippen LogP contribution in [0.2, 0.25) is 5.02 Å². The molecule has 0 aromatic heterocycles. The molecule has 0 saturated carbocycles. The van der Waals surface area contributed by atoms with Crippen molar-refractivity contribution < 1.29 is 13.2 Å². The molecule has 0 aliphatic heterocycles. The lowest BCUT2D eigenvalue weighted by molar-refractivity contribution is 0.490. The van der Waals surface area contributed by atoms with Gasteiger partial charge in [-0.2, -0.15) is 0 Å². The molecule has 6 heteroatoms. The maximum absolute atomic E-state index is 13.4.